The van der Waals surface area contributed by atoms with Crippen molar-refractivity contribution in [3.8, 4) is 0 Å². The summed E-state index contributed by atoms with van der Waals surface area (Å²) in [5, 5.41) is 0. The molecule has 19 heavy (non-hydrogen) atoms. The second kappa shape index (κ2) is 4.89. The highest BCUT2D eigenvalue weighted by atomic mass is 16.5. The van der Waals surface area contributed by atoms with Crippen LogP contribution in [-0.2, 0) is 16.8 Å². The van der Waals surface area contributed by atoms with Gasteiger partial charge in [-0.2, -0.15) is 0 Å². The molecule has 0 aromatic carbocycles. The first kappa shape index (κ1) is 13.1. The van der Waals surface area contributed by atoms with Crippen LogP contribution in [0.5, 0.6) is 0 Å². The lowest BCUT2D eigenvalue weighted by Crippen LogP contribution is -2.47. The first-order valence-corrected chi connectivity index (χ1v) is 7.19. The Morgan fingerprint density at radius 1 is 1.53 bits per heavy atom. The van der Waals surface area contributed by atoms with Crippen molar-refractivity contribution in [3.05, 3.63) is 18.2 Å². The fraction of sp³-hybridized carbons (Fsp3) is 0.786. The lowest BCUT2D eigenvalue weighted by Gasteiger charge is -2.36. The zero-order valence-corrected chi connectivity index (χ0v) is 11.9. The van der Waals surface area contributed by atoms with Crippen LogP contribution in [0, 0.1) is 0 Å². The molecule has 3 rings (SSSR count). The summed E-state index contributed by atoms with van der Waals surface area (Å²) in [4.78, 5) is 6.80. The van der Waals surface area contributed by atoms with Gasteiger partial charge < -0.3 is 15.0 Å². The maximum atomic E-state index is 6.18. The normalized spacial score (nSPS) is 28.6. The largest absolute Gasteiger partial charge is 0.373 e. The molecule has 5 nitrogen and oxygen atoms in total. The fourth-order valence-electron chi connectivity index (χ4n) is 3.22. The summed E-state index contributed by atoms with van der Waals surface area (Å²) < 4.78 is 8.14. The van der Waals surface area contributed by atoms with Gasteiger partial charge in [-0.25, -0.2) is 4.98 Å². The fourth-order valence-corrected chi connectivity index (χ4v) is 3.22. The van der Waals surface area contributed by atoms with Crippen LogP contribution in [-0.4, -0.2) is 46.3 Å². The van der Waals surface area contributed by atoms with Crippen LogP contribution in [0.3, 0.4) is 0 Å². The highest BCUT2D eigenvalue weighted by Gasteiger charge is 2.32. The number of nitrogens with two attached hydrogens (primary N) is 1. The number of ether oxygens (including phenoxy) is 1. The Bertz CT molecular complexity index is 437. The summed E-state index contributed by atoms with van der Waals surface area (Å²) in [6.45, 7) is 8.01. The second-order valence-electron chi connectivity index (χ2n) is 6.40. The van der Waals surface area contributed by atoms with Crippen molar-refractivity contribution in [3.63, 3.8) is 0 Å². The lowest BCUT2D eigenvalue weighted by molar-refractivity contribution is -0.0556. The summed E-state index contributed by atoms with van der Waals surface area (Å²) in [6.07, 6.45) is 6.58. The molecule has 2 unspecified atom stereocenters. The van der Waals surface area contributed by atoms with Gasteiger partial charge in [0.2, 0.25) is 0 Å². The number of aromatic nitrogens is 2. The number of fused-ring (bicyclic) bond motifs is 1. The molecule has 0 aliphatic carbocycles. The summed E-state index contributed by atoms with van der Waals surface area (Å²) in [6, 6.07) is 0.657. The third-order valence-electron chi connectivity index (χ3n) is 4.23. The van der Waals surface area contributed by atoms with Crippen LogP contribution in [0.15, 0.2) is 12.5 Å². The molecule has 0 saturated carbocycles. The van der Waals surface area contributed by atoms with Crippen LogP contribution in [0.2, 0.25) is 0 Å². The smallest absolute Gasteiger partial charge is 0.0949 e. The van der Waals surface area contributed by atoms with Gasteiger partial charge in [0.05, 0.1) is 36.8 Å². The highest BCUT2D eigenvalue weighted by Crippen LogP contribution is 2.24. The number of hydrogen-bond acceptors (Lipinski definition) is 4. The van der Waals surface area contributed by atoms with Crippen molar-refractivity contribution in [2.45, 2.75) is 50.9 Å². The molecular formula is C14H24N4O. The van der Waals surface area contributed by atoms with E-state index in [1.54, 1.807) is 0 Å². The molecule has 2 atom stereocenters. The molecule has 2 N–H and O–H groups in total. The van der Waals surface area contributed by atoms with Crippen molar-refractivity contribution in [2.24, 2.45) is 5.73 Å². The Hall–Kier alpha value is -0.910. The number of imidazole rings is 1. The Balaban J connectivity index is 1.67. The van der Waals surface area contributed by atoms with E-state index in [2.05, 4.69) is 14.5 Å². The quantitative estimate of drug-likeness (QED) is 0.883. The van der Waals surface area contributed by atoms with Crippen LogP contribution in [0.25, 0.3) is 0 Å². The molecule has 106 valence electrons. The van der Waals surface area contributed by atoms with Gasteiger partial charge in [0.15, 0.2) is 0 Å². The van der Waals surface area contributed by atoms with Crippen molar-refractivity contribution in [1.29, 1.82) is 0 Å². The van der Waals surface area contributed by atoms with E-state index >= 15 is 0 Å². The van der Waals surface area contributed by atoms with Crippen molar-refractivity contribution in [1.82, 2.24) is 14.5 Å². The van der Waals surface area contributed by atoms with E-state index in [4.69, 9.17) is 10.5 Å². The highest BCUT2D eigenvalue weighted by molar-refractivity contribution is 5.10. The van der Waals surface area contributed by atoms with E-state index in [1.807, 2.05) is 26.4 Å². The third-order valence-corrected chi connectivity index (χ3v) is 4.23. The summed E-state index contributed by atoms with van der Waals surface area (Å²) in [7, 11) is 0. The third kappa shape index (κ3) is 2.68. The Kier molecular flexibility index (Phi) is 3.37. The molecule has 2 saturated heterocycles. The summed E-state index contributed by atoms with van der Waals surface area (Å²) in [5.41, 5.74) is 6.89. The molecule has 2 aliphatic rings. The van der Waals surface area contributed by atoms with Crippen LogP contribution < -0.4 is 5.73 Å². The number of hydrogen-bond donors (Lipinski definition) is 1. The monoisotopic (exact) mass is 264 g/mol. The van der Waals surface area contributed by atoms with Gasteiger partial charge in [0, 0.05) is 18.8 Å². The van der Waals surface area contributed by atoms with E-state index in [0.29, 0.717) is 6.04 Å². The predicted molar refractivity (Wildman–Crippen MR) is 73.8 cm³/mol. The van der Waals surface area contributed by atoms with Gasteiger partial charge in [-0.15, -0.1) is 0 Å². The molecule has 2 aliphatic heterocycles. The van der Waals surface area contributed by atoms with E-state index in [-0.39, 0.29) is 11.6 Å². The average molecular weight is 264 g/mol. The standard InChI is InChI=1S/C14H24N4O/c1-14(2,15)13-6-16-10-18(13)8-12-7-17-5-3-4-11(17)9-19-12/h6,10-12H,3-5,7-9,15H2,1-2H3. The van der Waals surface area contributed by atoms with Crippen LogP contribution in [0.1, 0.15) is 32.4 Å². The van der Waals surface area contributed by atoms with Gasteiger partial charge in [-0.05, 0) is 33.2 Å². The Morgan fingerprint density at radius 3 is 3.16 bits per heavy atom. The molecule has 3 heterocycles. The molecular weight excluding hydrogens is 240 g/mol. The second-order valence-corrected chi connectivity index (χ2v) is 6.40. The van der Waals surface area contributed by atoms with Gasteiger partial charge >= 0.3 is 0 Å². The van der Waals surface area contributed by atoms with Gasteiger partial charge in [-0.3, -0.25) is 4.90 Å². The van der Waals surface area contributed by atoms with E-state index in [0.717, 1.165) is 25.4 Å². The minimum Gasteiger partial charge on any atom is -0.373 e. The van der Waals surface area contributed by atoms with Gasteiger partial charge in [0.25, 0.3) is 0 Å². The SMILES string of the molecule is CC(C)(N)c1cncn1CC1CN2CCCC2CO1. The summed E-state index contributed by atoms with van der Waals surface area (Å²) in [5.74, 6) is 0. The van der Waals surface area contributed by atoms with Crippen LogP contribution in [0.4, 0.5) is 0 Å². The molecule has 1 aromatic rings. The molecule has 0 amide bonds. The first-order valence-electron chi connectivity index (χ1n) is 7.19. The minimum absolute atomic E-state index is 0.254. The van der Waals surface area contributed by atoms with E-state index in [9.17, 15) is 0 Å². The zero-order chi connectivity index (χ0) is 13.5. The maximum absolute atomic E-state index is 6.18. The number of rotatable bonds is 3. The van der Waals surface area contributed by atoms with Crippen LogP contribution >= 0.6 is 0 Å². The number of nitrogens with zero attached hydrogens (tertiary/aromatic N) is 3. The summed E-state index contributed by atoms with van der Waals surface area (Å²) >= 11 is 0. The van der Waals surface area contributed by atoms with Gasteiger partial charge in [-0.1, -0.05) is 0 Å². The topological polar surface area (TPSA) is 56.3 Å². The average Bonchev–Trinajstić information content (AvgIpc) is 2.95. The Labute approximate surface area is 114 Å². The Morgan fingerprint density at radius 2 is 2.37 bits per heavy atom. The molecule has 1 aromatic heterocycles. The maximum Gasteiger partial charge on any atom is 0.0949 e. The minimum atomic E-state index is -0.360. The van der Waals surface area contributed by atoms with E-state index < -0.39 is 0 Å². The lowest BCUT2D eigenvalue weighted by atomic mass is 10.0. The van der Waals surface area contributed by atoms with Crippen molar-refractivity contribution >= 4 is 0 Å². The van der Waals surface area contributed by atoms with Gasteiger partial charge in [0.1, 0.15) is 0 Å². The molecule has 0 bridgehead atoms. The van der Waals surface area contributed by atoms with Crippen molar-refractivity contribution in [2.75, 3.05) is 19.7 Å². The molecule has 0 spiro atoms. The van der Waals surface area contributed by atoms with Crippen molar-refractivity contribution < 1.29 is 4.74 Å². The first-order chi connectivity index (χ1) is 9.04. The van der Waals surface area contributed by atoms with E-state index in [1.165, 1.54) is 19.4 Å². The molecule has 5 heteroatoms. The molecule has 2 fully saturated rings. The zero-order valence-electron chi connectivity index (χ0n) is 11.9. The number of morpholine rings is 1. The predicted octanol–water partition coefficient (Wildman–Crippen LogP) is 0.940. The molecule has 0 radical (unpaired) electrons.